The zero-order chi connectivity index (χ0) is 18.0. The molecule has 0 bridgehead atoms. The van der Waals surface area contributed by atoms with E-state index in [1.165, 1.54) is 11.3 Å². The van der Waals surface area contributed by atoms with E-state index in [0.717, 1.165) is 25.8 Å². The molecule has 130 valence electrons. The third-order valence-electron chi connectivity index (χ3n) is 3.56. The van der Waals surface area contributed by atoms with E-state index < -0.39 is 0 Å². The SMILES string of the molecule is Cc1ccc(C)c(OCC(=O)Nc2cc(Br)c3nc(NN)sc3c2)c1. The van der Waals surface area contributed by atoms with E-state index in [4.69, 9.17) is 10.6 Å². The van der Waals surface area contributed by atoms with Crippen molar-refractivity contribution in [3.8, 4) is 5.75 Å². The molecule has 3 aromatic rings. The van der Waals surface area contributed by atoms with Crippen molar-refractivity contribution in [2.75, 3.05) is 17.3 Å². The number of amides is 1. The predicted octanol–water partition coefficient (Wildman–Crippen LogP) is 3.98. The molecule has 0 aliphatic carbocycles. The van der Waals surface area contributed by atoms with Crippen molar-refractivity contribution in [3.05, 3.63) is 45.9 Å². The first-order chi connectivity index (χ1) is 12.0. The molecule has 0 unspecified atom stereocenters. The van der Waals surface area contributed by atoms with Crippen molar-refractivity contribution in [2.45, 2.75) is 13.8 Å². The van der Waals surface area contributed by atoms with Gasteiger partial charge in [0.05, 0.1) is 10.2 Å². The summed E-state index contributed by atoms with van der Waals surface area (Å²) in [5, 5.41) is 3.45. The van der Waals surface area contributed by atoms with Crippen LogP contribution in [0.25, 0.3) is 10.2 Å². The van der Waals surface area contributed by atoms with Crippen LogP contribution in [0.3, 0.4) is 0 Å². The average Bonchev–Trinajstić information content (AvgIpc) is 2.99. The minimum Gasteiger partial charge on any atom is -0.483 e. The van der Waals surface area contributed by atoms with E-state index in [2.05, 4.69) is 31.7 Å². The van der Waals surface area contributed by atoms with Crippen molar-refractivity contribution in [2.24, 2.45) is 5.84 Å². The lowest BCUT2D eigenvalue weighted by molar-refractivity contribution is -0.118. The molecule has 0 fully saturated rings. The second-order valence-corrected chi connectivity index (χ2v) is 7.46. The van der Waals surface area contributed by atoms with Gasteiger partial charge in [0, 0.05) is 10.2 Å². The van der Waals surface area contributed by atoms with Crippen LogP contribution in [-0.2, 0) is 4.79 Å². The molecular weight excluding hydrogens is 404 g/mol. The number of aromatic nitrogens is 1. The summed E-state index contributed by atoms with van der Waals surface area (Å²) >= 11 is 4.87. The van der Waals surface area contributed by atoms with Crippen molar-refractivity contribution < 1.29 is 9.53 Å². The molecule has 0 radical (unpaired) electrons. The zero-order valence-corrected chi connectivity index (χ0v) is 16.1. The molecule has 1 aromatic heterocycles. The summed E-state index contributed by atoms with van der Waals surface area (Å²) in [4.78, 5) is 16.5. The molecule has 6 nitrogen and oxygen atoms in total. The number of nitrogens with one attached hydrogen (secondary N) is 2. The monoisotopic (exact) mass is 420 g/mol. The fourth-order valence-electron chi connectivity index (χ4n) is 2.33. The number of anilines is 2. The Hall–Kier alpha value is -2.16. The number of nitrogens with zero attached hydrogens (tertiary/aromatic N) is 1. The Balaban J connectivity index is 1.70. The van der Waals surface area contributed by atoms with Crippen molar-refractivity contribution >= 4 is 54.2 Å². The number of hydrazine groups is 1. The van der Waals surface area contributed by atoms with Gasteiger partial charge >= 0.3 is 0 Å². The van der Waals surface area contributed by atoms with Crippen LogP contribution in [0.15, 0.2) is 34.8 Å². The van der Waals surface area contributed by atoms with Gasteiger partial charge in [-0.3, -0.25) is 10.2 Å². The number of carbonyl (C=O) groups is 1. The Morgan fingerprint density at radius 1 is 1.32 bits per heavy atom. The summed E-state index contributed by atoms with van der Waals surface area (Å²) < 4.78 is 7.33. The fraction of sp³-hybridized carbons (Fsp3) is 0.176. The summed E-state index contributed by atoms with van der Waals surface area (Å²) in [6.07, 6.45) is 0. The van der Waals surface area contributed by atoms with Gasteiger partial charge in [0.15, 0.2) is 11.7 Å². The highest BCUT2D eigenvalue weighted by Crippen LogP contribution is 2.33. The number of hydrogen-bond acceptors (Lipinski definition) is 6. The highest BCUT2D eigenvalue weighted by molar-refractivity contribution is 9.10. The second-order valence-electron chi connectivity index (χ2n) is 5.57. The van der Waals surface area contributed by atoms with Crippen LogP contribution in [-0.4, -0.2) is 17.5 Å². The van der Waals surface area contributed by atoms with Crippen molar-refractivity contribution in [1.82, 2.24) is 4.98 Å². The number of ether oxygens (including phenoxy) is 1. The molecule has 0 saturated carbocycles. The summed E-state index contributed by atoms with van der Waals surface area (Å²) in [5.41, 5.74) is 6.08. The molecule has 1 amide bonds. The number of rotatable bonds is 5. The van der Waals surface area contributed by atoms with E-state index in [1.807, 2.05) is 38.1 Å². The lowest BCUT2D eigenvalue weighted by Crippen LogP contribution is -2.20. The standard InChI is InChI=1S/C17H17BrN4O2S/c1-9-3-4-10(2)13(5-9)24-8-15(23)20-11-6-12(18)16-14(7-11)25-17(21-16)22-19/h3-7H,8,19H2,1-2H3,(H,20,23)(H,21,22). The smallest absolute Gasteiger partial charge is 0.262 e. The number of fused-ring (bicyclic) bond motifs is 1. The maximum atomic E-state index is 12.2. The van der Waals surface area contributed by atoms with E-state index in [-0.39, 0.29) is 12.5 Å². The lowest BCUT2D eigenvalue weighted by Gasteiger charge is -2.10. The summed E-state index contributed by atoms with van der Waals surface area (Å²) in [6.45, 7) is 3.88. The van der Waals surface area contributed by atoms with E-state index in [0.29, 0.717) is 16.6 Å². The molecule has 0 atom stereocenters. The first-order valence-corrected chi connectivity index (χ1v) is 9.14. The average molecular weight is 421 g/mol. The van der Waals surface area contributed by atoms with Crippen LogP contribution in [0, 0.1) is 13.8 Å². The number of thiazole rings is 1. The zero-order valence-electron chi connectivity index (χ0n) is 13.7. The quantitative estimate of drug-likeness (QED) is 0.429. The summed E-state index contributed by atoms with van der Waals surface area (Å²) in [7, 11) is 0. The molecule has 0 saturated heterocycles. The number of nitrogens with two attached hydrogens (primary N) is 1. The van der Waals surface area contributed by atoms with Gasteiger partial charge in [-0.15, -0.1) is 0 Å². The Kier molecular flexibility index (Phi) is 5.22. The fourth-order valence-corrected chi connectivity index (χ4v) is 3.85. The molecule has 25 heavy (non-hydrogen) atoms. The minimum absolute atomic E-state index is 0.0573. The molecule has 8 heteroatoms. The van der Waals surface area contributed by atoms with Gasteiger partial charge in [0.2, 0.25) is 0 Å². The van der Waals surface area contributed by atoms with Gasteiger partial charge in [0.1, 0.15) is 5.75 Å². The summed E-state index contributed by atoms with van der Waals surface area (Å²) in [5.74, 6) is 5.88. The molecule has 3 rings (SSSR count). The first-order valence-electron chi connectivity index (χ1n) is 7.53. The molecular formula is C17H17BrN4O2S. The van der Waals surface area contributed by atoms with Gasteiger partial charge in [0.25, 0.3) is 5.91 Å². The second kappa shape index (κ2) is 7.38. The van der Waals surface area contributed by atoms with Crippen LogP contribution in [0.5, 0.6) is 5.75 Å². The number of aryl methyl sites for hydroxylation is 2. The van der Waals surface area contributed by atoms with Gasteiger partial charge in [-0.05, 0) is 59.1 Å². The minimum atomic E-state index is -0.228. The Morgan fingerprint density at radius 3 is 2.88 bits per heavy atom. The first kappa shape index (κ1) is 17.7. The summed E-state index contributed by atoms with van der Waals surface area (Å²) in [6, 6.07) is 9.56. The van der Waals surface area contributed by atoms with E-state index in [1.54, 1.807) is 6.07 Å². The third kappa shape index (κ3) is 4.09. The number of hydrogen-bond donors (Lipinski definition) is 3. The van der Waals surface area contributed by atoms with Crippen LogP contribution in [0.1, 0.15) is 11.1 Å². The molecule has 2 aromatic carbocycles. The number of halogens is 1. The Morgan fingerprint density at radius 2 is 2.12 bits per heavy atom. The molecule has 1 heterocycles. The predicted molar refractivity (Wildman–Crippen MR) is 105 cm³/mol. The van der Waals surface area contributed by atoms with Gasteiger partial charge in [-0.25, -0.2) is 10.8 Å². The van der Waals surface area contributed by atoms with Crippen LogP contribution >= 0.6 is 27.3 Å². The third-order valence-corrected chi connectivity index (χ3v) is 5.10. The number of carbonyl (C=O) groups excluding carboxylic acids is 1. The van der Waals surface area contributed by atoms with E-state index >= 15 is 0 Å². The molecule has 4 N–H and O–H groups in total. The maximum absolute atomic E-state index is 12.2. The molecule has 0 aliphatic heterocycles. The van der Waals surface area contributed by atoms with Crippen LogP contribution in [0.4, 0.5) is 10.8 Å². The lowest BCUT2D eigenvalue weighted by atomic mass is 10.1. The van der Waals surface area contributed by atoms with Crippen LogP contribution in [0.2, 0.25) is 0 Å². The highest BCUT2D eigenvalue weighted by Gasteiger charge is 2.11. The topological polar surface area (TPSA) is 89.3 Å². The molecule has 0 aliphatic rings. The Labute approximate surface area is 157 Å². The molecule has 0 spiro atoms. The van der Waals surface area contributed by atoms with Crippen LogP contribution < -0.4 is 21.3 Å². The van der Waals surface area contributed by atoms with Gasteiger partial charge in [-0.1, -0.05) is 23.5 Å². The Bertz CT molecular complexity index is 942. The normalized spacial score (nSPS) is 10.7. The number of nitrogen functional groups attached to an aromatic ring is 1. The van der Waals surface area contributed by atoms with Crippen molar-refractivity contribution in [1.29, 1.82) is 0 Å². The number of benzene rings is 2. The van der Waals surface area contributed by atoms with Gasteiger partial charge in [-0.2, -0.15) is 0 Å². The van der Waals surface area contributed by atoms with Crippen molar-refractivity contribution in [3.63, 3.8) is 0 Å². The maximum Gasteiger partial charge on any atom is 0.262 e. The van der Waals surface area contributed by atoms with Gasteiger partial charge < -0.3 is 10.1 Å². The largest absolute Gasteiger partial charge is 0.483 e. The highest BCUT2D eigenvalue weighted by atomic mass is 79.9. The van der Waals surface area contributed by atoms with E-state index in [9.17, 15) is 4.79 Å².